The van der Waals surface area contributed by atoms with Crippen molar-refractivity contribution in [1.29, 1.82) is 0 Å². The van der Waals surface area contributed by atoms with E-state index in [0.717, 1.165) is 6.42 Å². The molecule has 1 amide bonds. The number of hydrogen-bond donors (Lipinski definition) is 3. The molecule has 1 heterocycles. The molecule has 1 fully saturated rings. The van der Waals surface area contributed by atoms with Crippen molar-refractivity contribution in [3.8, 4) is 0 Å². The lowest BCUT2D eigenvalue weighted by Gasteiger charge is -2.40. The molecule has 1 rings (SSSR count). The molecular weight excluding hydrogens is 248 g/mol. The minimum Gasteiger partial charge on any atom is -0.481 e. The van der Waals surface area contributed by atoms with Gasteiger partial charge in [-0.15, -0.1) is 0 Å². The van der Waals surface area contributed by atoms with Gasteiger partial charge in [0.05, 0.1) is 12.0 Å². The summed E-state index contributed by atoms with van der Waals surface area (Å²) in [7, 11) is 0. The first-order chi connectivity index (χ1) is 8.62. The Kier molecular flexibility index (Phi) is 4.79. The molecule has 1 aliphatic heterocycles. The van der Waals surface area contributed by atoms with Gasteiger partial charge in [-0.1, -0.05) is 0 Å². The number of carbonyl (C=O) groups is 2. The standard InChI is InChI=1S/C13H24N2O4/c1-9-5-6-13(8-14-9,7-10(16)17)15-11(18)19-12(2,3)4/h9,14H,5-8H2,1-4H3,(H,15,18)(H,16,17). The molecule has 1 aliphatic rings. The van der Waals surface area contributed by atoms with Crippen LogP contribution in [-0.4, -0.2) is 40.9 Å². The largest absolute Gasteiger partial charge is 0.481 e. The minimum absolute atomic E-state index is 0.105. The Morgan fingerprint density at radius 3 is 2.53 bits per heavy atom. The van der Waals surface area contributed by atoms with Crippen LogP contribution < -0.4 is 10.6 Å². The highest BCUT2D eigenvalue weighted by molar-refractivity contribution is 5.73. The summed E-state index contributed by atoms with van der Waals surface area (Å²) in [5.74, 6) is -0.924. The van der Waals surface area contributed by atoms with E-state index in [1.165, 1.54) is 0 Å². The van der Waals surface area contributed by atoms with Crippen molar-refractivity contribution >= 4 is 12.1 Å². The predicted octanol–water partition coefficient (Wildman–Crippen LogP) is 1.50. The van der Waals surface area contributed by atoms with Gasteiger partial charge in [0.1, 0.15) is 5.60 Å². The van der Waals surface area contributed by atoms with Gasteiger partial charge in [0.25, 0.3) is 0 Å². The predicted molar refractivity (Wildman–Crippen MR) is 71.1 cm³/mol. The van der Waals surface area contributed by atoms with Crippen LogP contribution in [0.3, 0.4) is 0 Å². The zero-order valence-corrected chi connectivity index (χ0v) is 12.1. The maximum absolute atomic E-state index is 11.8. The summed E-state index contributed by atoms with van der Waals surface area (Å²) < 4.78 is 5.20. The van der Waals surface area contributed by atoms with Crippen molar-refractivity contribution in [2.45, 2.75) is 64.1 Å². The summed E-state index contributed by atoms with van der Waals surface area (Å²) in [4.78, 5) is 22.8. The number of carboxylic acid groups (broad SMARTS) is 1. The molecule has 0 aromatic heterocycles. The van der Waals surface area contributed by atoms with Crippen LogP contribution in [0.2, 0.25) is 0 Å². The fourth-order valence-corrected chi connectivity index (χ4v) is 2.16. The van der Waals surface area contributed by atoms with Crippen molar-refractivity contribution in [1.82, 2.24) is 10.6 Å². The van der Waals surface area contributed by atoms with Gasteiger partial charge in [-0.2, -0.15) is 0 Å². The lowest BCUT2D eigenvalue weighted by Crippen LogP contribution is -2.60. The van der Waals surface area contributed by atoms with Gasteiger partial charge in [-0.05, 0) is 40.5 Å². The van der Waals surface area contributed by atoms with Crippen molar-refractivity contribution < 1.29 is 19.4 Å². The van der Waals surface area contributed by atoms with Gasteiger partial charge in [-0.25, -0.2) is 4.79 Å². The number of carboxylic acids is 1. The summed E-state index contributed by atoms with van der Waals surface area (Å²) in [6.07, 6.45) is 0.784. The van der Waals surface area contributed by atoms with E-state index in [9.17, 15) is 9.59 Å². The molecule has 110 valence electrons. The molecule has 0 aliphatic carbocycles. The Morgan fingerprint density at radius 2 is 2.11 bits per heavy atom. The molecule has 19 heavy (non-hydrogen) atoms. The van der Waals surface area contributed by atoms with Crippen molar-refractivity contribution in [3.05, 3.63) is 0 Å². The van der Waals surface area contributed by atoms with Crippen molar-refractivity contribution in [2.24, 2.45) is 0 Å². The molecule has 0 aromatic carbocycles. The molecule has 0 spiro atoms. The van der Waals surface area contributed by atoms with Crippen LogP contribution in [0, 0.1) is 0 Å². The number of ether oxygens (including phenoxy) is 1. The van der Waals surface area contributed by atoms with E-state index in [-0.39, 0.29) is 6.42 Å². The Balaban J connectivity index is 2.70. The monoisotopic (exact) mass is 272 g/mol. The molecular formula is C13H24N2O4. The average molecular weight is 272 g/mol. The van der Waals surface area contributed by atoms with E-state index < -0.39 is 23.2 Å². The van der Waals surface area contributed by atoms with E-state index in [1.807, 2.05) is 6.92 Å². The van der Waals surface area contributed by atoms with Gasteiger partial charge >= 0.3 is 12.1 Å². The Morgan fingerprint density at radius 1 is 1.47 bits per heavy atom. The number of amides is 1. The van der Waals surface area contributed by atoms with Gasteiger partial charge in [-0.3, -0.25) is 4.79 Å². The number of carbonyl (C=O) groups excluding carboxylic acids is 1. The summed E-state index contributed by atoms with van der Waals surface area (Å²) in [5, 5.41) is 15.0. The van der Waals surface area contributed by atoms with Gasteiger partial charge in [0, 0.05) is 12.6 Å². The van der Waals surface area contributed by atoms with E-state index in [0.29, 0.717) is 19.0 Å². The number of rotatable bonds is 3. The van der Waals surface area contributed by atoms with E-state index in [1.54, 1.807) is 20.8 Å². The minimum atomic E-state index is -0.924. The summed E-state index contributed by atoms with van der Waals surface area (Å²) >= 11 is 0. The molecule has 0 radical (unpaired) electrons. The van der Waals surface area contributed by atoms with Crippen LogP contribution in [-0.2, 0) is 9.53 Å². The van der Waals surface area contributed by atoms with Crippen LogP contribution in [0.25, 0.3) is 0 Å². The second-order valence-electron chi connectivity index (χ2n) is 6.30. The third-order valence-corrected chi connectivity index (χ3v) is 3.10. The Hall–Kier alpha value is -1.30. The number of nitrogens with one attached hydrogen (secondary N) is 2. The lowest BCUT2D eigenvalue weighted by atomic mass is 9.84. The van der Waals surface area contributed by atoms with Gasteiger partial charge < -0.3 is 20.5 Å². The van der Waals surface area contributed by atoms with Crippen LogP contribution in [0.15, 0.2) is 0 Å². The second kappa shape index (κ2) is 5.77. The average Bonchev–Trinajstić information content (AvgIpc) is 2.18. The fraction of sp³-hybridized carbons (Fsp3) is 0.846. The Bertz CT molecular complexity index is 341. The third-order valence-electron chi connectivity index (χ3n) is 3.10. The first-order valence-electron chi connectivity index (χ1n) is 6.58. The molecule has 3 N–H and O–H groups in total. The van der Waals surface area contributed by atoms with Crippen molar-refractivity contribution in [2.75, 3.05) is 6.54 Å². The normalized spacial score (nSPS) is 27.7. The molecule has 0 saturated carbocycles. The first-order valence-corrected chi connectivity index (χ1v) is 6.58. The molecule has 0 bridgehead atoms. The number of hydrogen-bond acceptors (Lipinski definition) is 4. The van der Waals surface area contributed by atoms with Crippen LogP contribution in [0.1, 0.15) is 47.0 Å². The van der Waals surface area contributed by atoms with E-state index in [2.05, 4.69) is 10.6 Å². The molecule has 2 unspecified atom stereocenters. The maximum atomic E-state index is 11.8. The van der Waals surface area contributed by atoms with E-state index >= 15 is 0 Å². The SMILES string of the molecule is CC1CCC(CC(=O)O)(NC(=O)OC(C)(C)C)CN1. The lowest BCUT2D eigenvalue weighted by molar-refractivity contribution is -0.139. The second-order valence-corrected chi connectivity index (χ2v) is 6.30. The number of alkyl carbamates (subject to hydrolysis) is 1. The smallest absolute Gasteiger partial charge is 0.408 e. The fourth-order valence-electron chi connectivity index (χ4n) is 2.16. The molecule has 0 aromatic rings. The summed E-state index contributed by atoms with van der Waals surface area (Å²) in [6, 6.07) is 0.336. The quantitative estimate of drug-likeness (QED) is 0.724. The van der Waals surface area contributed by atoms with Crippen LogP contribution in [0.5, 0.6) is 0 Å². The summed E-state index contributed by atoms with van der Waals surface area (Å²) in [6.45, 7) is 7.81. The van der Waals surface area contributed by atoms with Crippen LogP contribution in [0.4, 0.5) is 4.79 Å². The molecule has 2 atom stereocenters. The topological polar surface area (TPSA) is 87.7 Å². The highest BCUT2D eigenvalue weighted by atomic mass is 16.6. The maximum Gasteiger partial charge on any atom is 0.408 e. The highest BCUT2D eigenvalue weighted by Crippen LogP contribution is 2.23. The number of aliphatic carboxylic acids is 1. The highest BCUT2D eigenvalue weighted by Gasteiger charge is 2.38. The zero-order chi connectivity index (χ0) is 14.7. The third kappa shape index (κ3) is 5.46. The zero-order valence-electron chi connectivity index (χ0n) is 12.1. The molecule has 6 heteroatoms. The van der Waals surface area contributed by atoms with Crippen LogP contribution >= 0.6 is 0 Å². The van der Waals surface area contributed by atoms with Gasteiger partial charge in [0.15, 0.2) is 0 Å². The molecule has 6 nitrogen and oxygen atoms in total. The van der Waals surface area contributed by atoms with E-state index in [4.69, 9.17) is 9.84 Å². The first kappa shape index (κ1) is 15.8. The van der Waals surface area contributed by atoms with Gasteiger partial charge in [0.2, 0.25) is 0 Å². The number of piperidine rings is 1. The van der Waals surface area contributed by atoms with Crippen molar-refractivity contribution in [3.63, 3.8) is 0 Å². The molecule has 1 saturated heterocycles. The summed E-state index contributed by atoms with van der Waals surface area (Å²) in [5.41, 5.74) is -1.36. The Labute approximate surface area is 113 Å².